The van der Waals surface area contributed by atoms with Gasteiger partial charge in [-0.05, 0) is 36.6 Å². The molecule has 1 saturated carbocycles. The summed E-state index contributed by atoms with van der Waals surface area (Å²) in [5.74, 6) is 0.792. The van der Waals surface area contributed by atoms with Crippen LogP contribution in [0.3, 0.4) is 0 Å². The van der Waals surface area contributed by atoms with Crippen LogP contribution in [-0.2, 0) is 0 Å². The third kappa shape index (κ3) is 3.87. The Morgan fingerprint density at radius 2 is 2.31 bits per heavy atom. The smallest absolute Gasteiger partial charge is 0.121 e. The Bertz CT molecular complexity index is 374. The van der Waals surface area contributed by atoms with Crippen molar-refractivity contribution in [2.45, 2.75) is 18.9 Å². The van der Waals surface area contributed by atoms with Gasteiger partial charge in [0.2, 0.25) is 0 Å². The van der Waals surface area contributed by atoms with Crippen molar-refractivity contribution >= 4 is 11.6 Å². The second-order valence-electron chi connectivity index (χ2n) is 4.15. The molecule has 0 radical (unpaired) electrons. The molecule has 2 rings (SSSR count). The number of ether oxygens (including phenoxy) is 1. The van der Waals surface area contributed by atoms with Crippen molar-refractivity contribution in [3.05, 3.63) is 41.4 Å². The first-order valence-electron chi connectivity index (χ1n) is 5.52. The van der Waals surface area contributed by atoms with Gasteiger partial charge in [0.25, 0.3) is 0 Å². The van der Waals surface area contributed by atoms with Crippen LogP contribution < -0.4 is 10.1 Å². The first kappa shape index (κ1) is 11.5. The van der Waals surface area contributed by atoms with Crippen LogP contribution in [0.4, 0.5) is 0 Å². The van der Waals surface area contributed by atoms with Crippen LogP contribution in [-0.4, -0.2) is 19.2 Å². The molecule has 0 aliphatic heterocycles. The lowest BCUT2D eigenvalue weighted by atomic mass is 10.3. The number of halogens is 1. The molecule has 1 aromatic carbocycles. The Kier molecular flexibility index (Phi) is 3.86. The third-order valence-electron chi connectivity index (χ3n) is 2.46. The molecule has 0 heterocycles. The van der Waals surface area contributed by atoms with E-state index in [1.165, 1.54) is 12.8 Å². The topological polar surface area (TPSA) is 21.3 Å². The summed E-state index contributed by atoms with van der Waals surface area (Å²) in [6.45, 7) is 5.35. The number of hydrogen-bond acceptors (Lipinski definition) is 2. The third-order valence-corrected chi connectivity index (χ3v) is 2.69. The van der Waals surface area contributed by atoms with Gasteiger partial charge in [-0.2, -0.15) is 0 Å². The predicted octanol–water partition coefficient (Wildman–Crippen LogP) is 3.03. The molecule has 1 aliphatic rings. The zero-order valence-electron chi connectivity index (χ0n) is 9.21. The quantitative estimate of drug-likeness (QED) is 0.768. The number of nitrogens with one attached hydrogen (secondary N) is 1. The fraction of sp³-hybridized carbons (Fsp3) is 0.385. The average Bonchev–Trinajstić information content (AvgIpc) is 3.07. The van der Waals surface area contributed by atoms with Gasteiger partial charge in [-0.25, -0.2) is 0 Å². The highest BCUT2D eigenvalue weighted by molar-refractivity contribution is 6.30. The Labute approximate surface area is 101 Å². The summed E-state index contributed by atoms with van der Waals surface area (Å²) >= 11 is 5.86. The van der Waals surface area contributed by atoms with Gasteiger partial charge in [0.1, 0.15) is 12.4 Å². The fourth-order valence-electron chi connectivity index (χ4n) is 1.37. The first-order valence-corrected chi connectivity index (χ1v) is 5.90. The van der Waals surface area contributed by atoms with Crippen LogP contribution in [0, 0.1) is 0 Å². The maximum Gasteiger partial charge on any atom is 0.121 e. The van der Waals surface area contributed by atoms with E-state index in [2.05, 4.69) is 11.9 Å². The molecule has 0 amide bonds. The average molecular weight is 238 g/mol. The van der Waals surface area contributed by atoms with Crippen molar-refractivity contribution in [3.63, 3.8) is 0 Å². The highest BCUT2D eigenvalue weighted by Gasteiger charge is 2.19. The van der Waals surface area contributed by atoms with Crippen LogP contribution in [0.25, 0.3) is 0 Å². The van der Waals surface area contributed by atoms with Crippen molar-refractivity contribution in [2.24, 2.45) is 0 Å². The van der Waals surface area contributed by atoms with Gasteiger partial charge < -0.3 is 10.1 Å². The summed E-state index contributed by atoms with van der Waals surface area (Å²) in [6, 6.07) is 8.13. The van der Waals surface area contributed by atoms with E-state index in [0.29, 0.717) is 17.7 Å². The molecular formula is C13H16ClNO. The van der Waals surface area contributed by atoms with Gasteiger partial charge in [-0.3, -0.25) is 0 Å². The lowest BCUT2D eigenvalue weighted by molar-refractivity contribution is 0.348. The zero-order chi connectivity index (χ0) is 11.4. The number of benzene rings is 1. The molecular weight excluding hydrogens is 222 g/mol. The summed E-state index contributed by atoms with van der Waals surface area (Å²) < 4.78 is 5.58. The molecule has 0 saturated heterocycles. The molecule has 86 valence electrons. The summed E-state index contributed by atoms with van der Waals surface area (Å²) in [7, 11) is 0. The zero-order valence-corrected chi connectivity index (χ0v) is 9.96. The Morgan fingerprint density at radius 1 is 1.50 bits per heavy atom. The van der Waals surface area contributed by atoms with Crippen molar-refractivity contribution in [2.75, 3.05) is 13.2 Å². The van der Waals surface area contributed by atoms with Crippen molar-refractivity contribution in [3.8, 4) is 5.75 Å². The normalized spacial score (nSPS) is 14.8. The van der Waals surface area contributed by atoms with Gasteiger partial charge >= 0.3 is 0 Å². The molecule has 0 bridgehead atoms. The first-order chi connectivity index (χ1) is 7.74. The Hall–Kier alpha value is -0.990. The SMILES string of the molecule is C=C(CNC1CC1)COc1cccc(Cl)c1. The summed E-state index contributed by atoms with van der Waals surface area (Å²) in [6.07, 6.45) is 2.59. The molecule has 0 spiro atoms. The summed E-state index contributed by atoms with van der Waals surface area (Å²) in [5.41, 5.74) is 1.06. The van der Waals surface area contributed by atoms with Crippen LogP contribution >= 0.6 is 11.6 Å². The van der Waals surface area contributed by atoms with E-state index in [1.54, 1.807) is 0 Å². The van der Waals surface area contributed by atoms with Crippen LogP contribution in [0.1, 0.15) is 12.8 Å². The fourth-order valence-corrected chi connectivity index (χ4v) is 1.55. The number of hydrogen-bond donors (Lipinski definition) is 1. The number of rotatable bonds is 6. The highest BCUT2D eigenvalue weighted by atomic mass is 35.5. The van der Waals surface area contributed by atoms with Crippen LogP contribution in [0.15, 0.2) is 36.4 Å². The molecule has 0 unspecified atom stereocenters. The molecule has 1 fully saturated rings. The van der Waals surface area contributed by atoms with Gasteiger partial charge in [0.15, 0.2) is 0 Å². The summed E-state index contributed by atoms with van der Waals surface area (Å²) in [4.78, 5) is 0. The van der Waals surface area contributed by atoms with Crippen molar-refractivity contribution in [1.82, 2.24) is 5.32 Å². The Balaban J connectivity index is 1.71. The lowest BCUT2D eigenvalue weighted by Crippen LogP contribution is -2.21. The van der Waals surface area contributed by atoms with Crippen LogP contribution in [0.5, 0.6) is 5.75 Å². The van der Waals surface area contributed by atoms with Gasteiger partial charge in [0.05, 0.1) is 0 Å². The summed E-state index contributed by atoms with van der Waals surface area (Å²) in [5, 5.41) is 4.09. The molecule has 0 aromatic heterocycles. The van der Waals surface area contributed by atoms with Gasteiger partial charge in [0, 0.05) is 17.6 Å². The minimum atomic E-state index is 0.542. The maximum atomic E-state index is 5.86. The molecule has 0 atom stereocenters. The largest absolute Gasteiger partial charge is 0.489 e. The van der Waals surface area contributed by atoms with Gasteiger partial charge in [-0.1, -0.05) is 24.2 Å². The van der Waals surface area contributed by atoms with E-state index in [-0.39, 0.29) is 0 Å². The van der Waals surface area contributed by atoms with E-state index >= 15 is 0 Å². The molecule has 1 aromatic rings. The highest BCUT2D eigenvalue weighted by Crippen LogP contribution is 2.19. The van der Waals surface area contributed by atoms with E-state index < -0.39 is 0 Å². The molecule has 1 N–H and O–H groups in total. The van der Waals surface area contributed by atoms with Crippen molar-refractivity contribution in [1.29, 1.82) is 0 Å². The van der Waals surface area contributed by atoms with Crippen LogP contribution in [0.2, 0.25) is 5.02 Å². The standard InChI is InChI=1S/C13H16ClNO/c1-10(8-15-12-5-6-12)9-16-13-4-2-3-11(14)7-13/h2-4,7,12,15H,1,5-6,8-9H2. The lowest BCUT2D eigenvalue weighted by Gasteiger charge is -2.09. The molecule has 1 aliphatic carbocycles. The Morgan fingerprint density at radius 3 is 3.00 bits per heavy atom. The van der Waals surface area contributed by atoms with Gasteiger partial charge in [-0.15, -0.1) is 0 Å². The molecule has 2 nitrogen and oxygen atoms in total. The monoisotopic (exact) mass is 237 g/mol. The van der Waals surface area contributed by atoms with E-state index in [9.17, 15) is 0 Å². The predicted molar refractivity (Wildman–Crippen MR) is 67.1 cm³/mol. The molecule has 3 heteroatoms. The molecule has 16 heavy (non-hydrogen) atoms. The van der Waals surface area contributed by atoms with E-state index in [4.69, 9.17) is 16.3 Å². The minimum absolute atomic E-state index is 0.542. The second-order valence-corrected chi connectivity index (χ2v) is 4.59. The van der Waals surface area contributed by atoms with E-state index in [0.717, 1.165) is 17.9 Å². The van der Waals surface area contributed by atoms with Crippen molar-refractivity contribution < 1.29 is 4.74 Å². The van der Waals surface area contributed by atoms with E-state index in [1.807, 2.05) is 24.3 Å². The minimum Gasteiger partial charge on any atom is -0.489 e. The maximum absolute atomic E-state index is 5.86. The second kappa shape index (κ2) is 5.37.